The Balaban J connectivity index is 1.28. The molecule has 31 heavy (non-hydrogen) atoms. The number of para-hydroxylation sites is 1. The minimum Gasteiger partial charge on any atom is -0.461 e. The number of nitrogens with one attached hydrogen (secondary N) is 2. The molecule has 166 valence electrons. The molecule has 1 aromatic heterocycles. The number of H-pyrrole nitrogens is 1. The summed E-state index contributed by atoms with van der Waals surface area (Å²) in [6, 6.07) is 8.88. The highest BCUT2D eigenvalue weighted by atomic mass is 16.5. The van der Waals surface area contributed by atoms with Crippen LogP contribution >= 0.6 is 0 Å². The van der Waals surface area contributed by atoms with E-state index in [0.29, 0.717) is 18.4 Å². The number of esters is 1. The summed E-state index contributed by atoms with van der Waals surface area (Å²) in [7, 11) is 0. The number of piperidine rings is 2. The SMILES string of the molecule is O=C(OC1CCCNC1)[C@@H]1[C@H]2C[C@H]3c4[nH]c5ccccc5c4CCN3C[C@@H]2CC[C@@H]1O. The Morgan fingerprint density at radius 3 is 2.97 bits per heavy atom. The maximum absolute atomic E-state index is 13.2. The van der Waals surface area contributed by atoms with E-state index >= 15 is 0 Å². The van der Waals surface area contributed by atoms with Gasteiger partial charge in [0.1, 0.15) is 6.10 Å². The highest BCUT2D eigenvalue weighted by Crippen LogP contribution is 2.49. The van der Waals surface area contributed by atoms with Crippen LogP contribution in [0.25, 0.3) is 10.9 Å². The summed E-state index contributed by atoms with van der Waals surface area (Å²) in [5.41, 5.74) is 3.98. The number of aliphatic hydroxyl groups excluding tert-OH is 1. The van der Waals surface area contributed by atoms with Crippen molar-refractivity contribution in [2.24, 2.45) is 17.8 Å². The van der Waals surface area contributed by atoms with Gasteiger partial charge in [-0.05, 0) is 68.5 Å². The Morgan fingerprint density at radius 1 is 1.19 bits per heavy atom. The van der Waals surface area contributed by atoms with Gasteiger partial charge in [0.05, 0.1) is 18.1 Å². The molecule has 6 rings (SSSR count). The monoisotopic (exact) mass is 423 g/mol. The summed E-state index contributed by atoms with van der Waals surface area (Å²) >= 11 is 0. The van der Waals surface area contributed by atoms with Crippen molar-refractivity contribution in [2.45, 2.75) is 56.8 Å². The predicted molar refractivity (Wildman–Crippen MR) is 119 cm³/mol. The van der Waals surface area contributed by atoms with Crippen LogP contribution in [0.15, 0.2) is 24.3 Å². The second kappa shape index (κ2) is 7.91. The Bertz CT molecular complexity index is 966. The third kappa shape index (κ3) is 3.40. The summed E-state index contributed by atoms with van der Waals surface area (Å²) in [4.78, 5) is 19.6. The molecule has 0 bridgehead atoms. The van der Waals surface area contributed by atoms with Gasteiger partial charge in [0.2, 0.25) is 0 Å². The lowest BCUT2D eigenvalue weighted by Crippen LogP contribution is -2.54. The van der Waals surface area contributed by atoms with Gasteiger partial charge in [0.25, 0.3) is 0 Å². The summed E-state index contributed by atoms with van der Waals surface area (Å²) < 4.78 is 5.92. The minimum absolute atomic E-state index is 0.0519. The van der Waals surface area contributed by atoms with E-state index in [2.05, 4.69) is 39.5 Å². The first kappa shape index (κ1) is 19.8. The molecule has 1 aliphatic carbocycles. The second-order valence-corrected chi connectivity index (χ2v) is 10.1. The van der Waals surface area contributed by atoms with Crippen LogP contribution in [0.3, 0.4) is 0 Å². The van der Waals surface area contributed by atoms with Gasteiger partial charge < -0.3 is 20.1 Å². The number of hydrogen-bond donors (Lipinski definition) is 3. The third-order valence-electron chi connectivity index (χ3n) is 8.36. The molecule has 6 atom stereocenters. The molecule has 1 unspecified atom stereocenters. The fourth-order valence-electron chi connectivity index (χ4n) is 6.83. The van der Waals surface area contributed by atoms with Crippen molar-refractivity contribution in [3.05, 3.63) is 35.5 Å². The first-order chi connectivity index (χ1) is 15.2. The molecule has 1 saturated carbocycles. The van der Waals surface area contributed by atoms with Crippen molar-refractivity contribution in [3.8, 4) is 0 Å². The van der Waals surface area contributed by atoms with Gasteiger partial charge in [-0.1, -0.05) is 18.2 Å². The smallest absolute Gasteiger partial charge is 0.312 e. The molecule has 2 aromatic rings. The molecule has 0 spiro atoms. The molecule has 1 aromatic carbocycles. The van der Waals surface area contributed by atoms with Crippen LogP contribution in [0.1, 0.15) is 49.4 Å². The number of fused-ring (bicyclic) bond motifs is 6. The van der Waals surface area contributed by atoms with Crippen LogP contribution in [0.2, 0.25) is 0 Å². The number of ether oxygens (including phenoxy) is 1. The summed E-state index contributed by atoms with van der Waals surface area (Å²) in [5, 5.41) is 15.5. The fraction of sp³-hybridized carbons (Fsp3) is 0.640. The number of aromatic nitrogens is 1. The molecule has 6 heteroatoms. The van der Waals surface area contributed by atoms with Gasteiger partial charge in [-0.25, -0.2) is 0 Å². The molecule has 0 amide bonds. The van der Waals surface area contributed by atoms with Gasteiger partial charge in [-0.15, -0.1) is 0 Å². The zero-order valence-corrected chi connectivity index (χ0v) is 18.1. The summed E-state index contributed by atoms with van der Waals surface area (Å²) in [6.45, 7) is 3.83. The third-order valence-corrected chi connectivity index (χ3v) is 8.36. The predicted octanol–water partition coefficient (Wildman–Crippen LogP) is 2.77. The van der Waals surface area contributed by atoms with Crippen LogP contribution in [0.4, 0.5) is 0 Å². The van der Waals surface area contributed by atoms with E-state index in [4.69, 9.17) is 4.74 Å². The number of aliphatic hydroxyl groups is 1. The molecular formula is C25H33N3O3. The molecule has 4 heterocycles. The summed E-state index contributed by atoms with van der Waals surface area (Å²) in [6.07, 6.45) is 5.04. The topological polar surface area (TPSA) is 77.6 Å². The largest absolute Gasteiger partial charge is 0.461 e. The Labute approximate surface area is 183 Å². The van der Waals surface area contributed by atoms with Crippen molar-refractivity contribution in [1.82, 2.24) is 15.2 Å². The highest BCUT2D eigenvalue weighted by molar-refractivity contribution is 5.85. The first-order valence-corrected chi connectivity index (χ1v) is 12.1. The Kier molecular flexibility index (Phi) is 5.04. The number of benzene rings is 1. The van der Waals surface area contributed by atoms with Crippen molar-refractivity contribution < 1.29 is 14.6 Å². The average Bonchev–Trinajstić information content (AvgIpc) is 3.17. The lowest BCUT2D eigenvalue weighted by molar-refractivity contribution is -0.169. The van der Waals surface area contributed by atoms with Crippen LogP contribution < -0.4 is 5.32 Å². The van der Waals surface area contributed by atoms with E-state index < -0.39 is 12.0 Å². The molecule has 3 fully saturated rings. The number of rotatable bonds is 2. The quantitative estimate of drug-likeness (QED) is 0.648. The second-order valence-electron chi connectivity index (χ2n) is 10.1. The fourth-order valence-corrected chi connectivity index (χ4v) is 6.83. The van der Waals surface area contributed by atoms with Gasteiger partial charge in [0.15, 0.2) is 0 Å². The van der Waals surface area contributed by atoms with Crippen LogP contribution in [-0.2, 0) is 16.0 Å². The van der Waals surface area contributed by atoms with Crippen molar-refractivity contribution in [3.63, 3.8) is 0 Å². The van der Waals surface area contributed by atoms with Crippen molar-refractivity contribution in [1.29, 1.82) is 0 Å². The standard InChI is InChI=1S/C25H33N3O3/c29-22-8-7-15-14-28-11-9-18-17-5-1-2-6-20(17)27-24(18)21(28)12-19(15)23(22)25(30)31-16-4-3-10-26-13-16/h1-2,5-6,15-16,19,21-23,26-27,29H,3-4,7-14H2/t15-,16?,19-,21-,22-,23+/m0/s1. The molecule has 0 radical (unpaired) electrons. The molecule has 6 nitrogen and oxygen atoms in total. The van der Waals surface area contributed by atoms with E-state index in [-0.39, 0.29) is 18.0 Å². The van der Waals surface area contributed by atoms with Crippen LogP contribution in [0, 0.1) is 17.8 Å². The zero-order valence-electron chi connectivity index (χ0n) is 18.1. The van der Waals surface area contributed by atoms with Crippen LogP contribution in [-0.4, -0.2) is 59.3 Å². The van der Waals surface area contributed by atoms with E-state index in [1.807, 2.05) is 0 Å². The summed E-state index contributed by atoms with van der Waals surface area (Å²) in [5.74, 6) is 0.0913. The first-order valence-electron chi connectivity index (χ1n) is 12.1. The average molecular weight is 424 g/mol. The number of aromatic amines is 1. The van der Waals surface area contributed by atoms with E-state index in [1.54, 1.807) is 0 Å². The van der Waals surface area contributed by atoms with E-state index in [0.717, 1.165) is 58.3 Å². The lowest BCUT2D eigenvalue weighted by Gasteiger charge is -2.51. The number of carbonyl (C=O) groups is 1. The molecular weight excluding hydrogens is 390 g/mol. The van der Waals surface area contributed by atoms with Gasteiger partial charge in [-0.3, -0.25) is 9.69 Å². The molecule has 4 aliphatic rings. The van der Waals surface area contributed by atoms with Gasteiger partial charge >= 0.3 is 5.97 Å². The highest BCUT2D eigenvalue weighted by Gasteiger charge is 2.50. The normalized spacial score (nSPS) is 35.8. The van der Waals surface area contributed by atoms with Gasteiger partial charge in [0, 0.05) is 36.2 Å². The molecule has 3 N–H and O–H groups in total. The number of nitrogens with zero attached hydrogens (tertiary/aromatic N) is 1. The van der Waals surface area contributed by atoms with Gasteiger partial charge in [-0.2, -0.15) is 0 Å². The zero-order chi connectivity index (χ0) is 20.9. The maximum atomic E-state index is 13.2. The van der Waals surface area contributed by atoms with E-state index in [1.165, 1.54) is 22.2 Å². The number of carbonyl (C=O) groups excluding carboxylic acids is 1. The maximum Gasteiger partial charge on any atom is 0.312 e. The minimum atomic E-state index is -0.581. The van der Waals surface area contributed by atoms with E-state index in [9.17, 15) is 9.90 Å². The van der Waals surface area contributed by atoms with Crippen LogP contribution in [0.5, 0.6) is 0 Å². The number of hydrogen-bond acceptors (Lipinski definition) is 5. The van der Waals surface area contributed by atoms with Crippen molar-refractivity contribution in [2.75, 3.05) is 26.2 Å². The van der Waals surface area contributed by atoms with Crippen molar-refractivity contribution >= 4 is 16.9 Å². The lowest BCUT2D eigenvalue weighted by atomic mass is 9.65. The Hall–Kier alpha value is -1.89. The molecule has 3 aliphatic heterocycles. The Morgan fingerprint density at radius 2 is 2.10 bits per heavy atom. The molecule has 2 saturated heterocycles.